The third-order valence-corrected chi connectivity index (χ3v) is 7.90. The Morgan fingerprint density at radius 3 is 1.53 bits per heavy atom. The maximum Gasteiger partial charge on any atom is 0.107 e. The van der Waals surface area contributed by atoms with Crippen LogP contribution in [0.3, 0.4) is 0 Å². The van der Waals surface area contributed by atoms with Gasteiger partial charge in [0.25, 0.3) is 0 Å². The van der Waals surface area contributed by atoms with Crippen LogP contribution in [0.1, 0.15) is 18.1 Å². The molecule has 0 radical (unpaired) electrons. The first-order valence-electron chi connectivity index (χ1n) is 13.2. The molecule has 3 heteroatoms. The summed E-state index contributed by atoms with van der Waals surface area (Å²) in [6, 6.07) is 41.3. The van der Waals surface area contributed by atoms with Crippen LogP contribution in [0.15, 0.2) is 115 Å². The van der Waals surface area contributed by atoms with Gasteiger partial charge in [-0.1, -0.05) is 84.9 Å². The fourth-order valence-corrected chi connectivity index (χ4v) is 5.73. The van der Waals surface area contributed by atoms with Crippen LogP contribution in [0, 0.1) is 0 Å². The summed E-state index contributed by atoms with van der Waals surface area (Å²) in [5, 5.41) is 26.8. The van der Waals surface area contributed by atoms with Gasteiger partial charge >= 0.3 is 0 Å². The maximum atomic E-state index is 10.1. The van der Waals surface area contributed by atoms with Crippen molar-refractivity contribution in [3.8, 4) is 22.3 Å². The zero-order valence-electron chi connectivity index (χ0n) is 20.9. The molecule has 0 aliphatic carbocycles. The lowest BCUT2D eigenvalue weighted by Gasteiger charge is -2.13. The molecule has 7 rings (SSSR count). The molecule has 2 N–H and O–H groups in total. The molecular formula is C35H28O3. The smallest absolute Gasteiger partial charge is 0.107 e. The number of ether oxygens (including phenoxy) is 1. The van der Waals surface area contributed by atoms with E-state index in [1.165, 1.54) is 43.8 Å². The highest BCUT2D eigenvalue weighted by atomic mass is 16.5. The normalized spacial score (nSPS) is 19.5. The van der Waals surface area contributed by atoms with Crippen LogP contribution in [-0.2, 0) is 4.74 Å². The molecule has 1 aliphatic heterocycles. The second-order valence-corrected chi connectivity index (χ2v) is 10.3. The lowest BCUT2D eigenvalue weighted by Crippen LogP contribution is -2.24. The van der Waals surface area contributed by atoms with E-state index in [0.717, 1.165) is 16.3 Å². The number of hydrogen-bond acceptors (Lipinski definition) is 3. The Morgan fingerprint density at radius 2 is 1.00 bits per heavy atom. The molecular weight excluding hydrogens is 468 g/mol. The van der Waals surface area contributed by atoms with Crippen LogP contribution in [-0.4, -0.2) is 29.0 Å². The van der Waals surface area contributed by atoms with Crippen LogP contribution >= 0.6 is 0 Å². The van der Waals surface area contributed by atoms with Crippen molar-refractivity contribution in [1.29, 1.82) is 0 Å². The molecule has 0 saturated carbocycles. The van der Waals surface area contributed by atoms with Crippen LogP contribution in [0.4, 0.5) is 0 Å². The fraction of sp³-hybridized carbons (Fsp3) is 0.143. The van der Waals surface area contributed by atoms with Crippen molar-refractivity contribution < 1.29 is 14.9 Å². The van der Waals surface area contributed by atoms with Gasteiger partial charge in [0.1, 0.15) is 6.10 Å². The van der Waals surface area contributed by atoms with E-state index in [1.54, 1.807) is 0 Å². The van der Waals surface area contributed by atoms with Gasteiger partial charge in [0, 0.05) is 6.42 Å². The summed E-state index contributed by atoms with van der Waals surface area (Å²) in [7, 11) is 0. The molecule has 0 bridgehead atoms. The standard InChI is InChI=1S/C35H28O3/c36-21-35-33(37)20-34(38-35)32-14-13-30-18-29(11-12-31(30)19-32)28-10-9-26-16-25(7-8-27(26)17-28)24-6-5-22-3-1-2-4-23(22)15-24/h1-19,33-37H,20-21H2/t33-,34?,35+/m0/s1. The Hall–Kier alpha value is -4.02. The molecule has 1 aliphatic rings. The first-order chi connectivity index (χ1) is 18.6. The van der Waals surface area contributed by atoms with Crippen molar-refractivity contribution in [2.45, 2.75) is 24.7 Å². The lowest BCUT2D eigenvalue weighted by molar-refractivity contribution is -0.0225. The largest absolute Gasteiger partial charge is 0.394 e. The lowest BCUT2D eigenvalue weighted by atomic mass is 9.95. The summed E-state index contributed by atoms with van der Waals surface area (Å²) in [5.74, 6) is 0. The highest BCUT2D eigenvalue weighted by Gasteiger charge is 2.34. The van der Waals surface area contributed by atoms with Gasteiger partial charge < -0.3 is 14.9 Å². The Morgan fingerprint density at radius 1 is 0.553 bits per heavy atom. The van der Waals surface area contributed by atoms with E-state index in [-0.39, 0.29) is 12.7 Å². The van der Waals surface area contributed by atoms with Crippen molar-refractivity contribution in [3.63, 3.8) is 0 Å². The molecule has 1 fully saturated rings. The average Bonchev–Trinajstić information content (AvgIpc) is 3.36. The van der Waals surface area contributed by atoms with Gasteiger partial charge in [0.2, 0.25) is 0 Å². The van der Waals surface area contributed by atoms with Gasteiger partial charge in [-0.15, -0.1) is 0 Å². The Balaban J connectivity index is 1.18. The molecule has 0 amide bonds. The topological polar surface area (TPSA) is 49.7 Å². The van der Waals surface area contributed by atoms with E-state index in [2.05, 4.69) is 115 Å². The van der Waals surface area contributed by atoms with Crippen molar-refractivity contribution in [2.75, 3.05) is 6.61 Å². The van der Waals surface area contributed by atoms with Crippen LogP contribution in [0.5, 0.6) is 0 Å². The zero-order valence-corrected chi connectivity index (χ0v) is 20.9. The minimum atomic E-state index is -0.625. The molecule has 1 unspecified atom stereocenters. The predicted octanol–water partition coefficient (Wildman–Crippen LogP) is 7.66. The monoisotopic (exact) mass is 496 g/mol. The van der Waals surface area contributed by atoms with Crippen molar-refractivity contribution in [2.24, 2.45) is 0 Å². The first kappa shape index (κ1) is 23.1. The number of aliphatic hydroxyl groups excluding tert-OH is 2. The van der Waals surface area contributed by atoms with E-state index in [1.807, 2.05) is 0 Å². The van der Waals surface area contributed by atoms with E-state index in [9.17, 15) is 10.2 Å². The number of aliphatic hydroxyl groups is 2. The van der Waals surface area contributed by atoms with Gasteiger partial charge in [-0.05, 0) is 90.5 Å². The van der Waals surface area contributed by atoms with Gasteiger partial charge in [-0.3, -0.25) is 0 Å². The summed E-state index contributed by atoms with van der Waals surface area (Å²) in [5.41, 5.74) is 5.86. The molecule has 1 saturated heterocycles. The molecule has 6 aromatic rings. The average molecular weight is 497 g/mol. The molecule has 6 aromatic carbocycles. The molecule has 38 heavy (non-hydrogen) atoms. The van der Waals surface area contributed by atoms with Crippen LogP contribution in [0.25, 0.3) is 54.6 Å². The first-order valence-corrected chi connectivity index (χ1v) is 13.2. The third-order valence-electron chi connectivity index (χ3n) is 7.90. The maximum absolute atomic E-state index is 10.1. The Bertz CT molecular complexity index is 1800. The second-order valence-electron chi connectivity index (χ2n) is 10.3. The summed E-state index contributed by atoms with van der Waals surface area (Å²) >= 11 is 0. The number of fused-ring (bicyclic) bond motifs is 3. The molecule has 0 aromatic heterocycles. The minimum absolute atomic E-state index is 0.162. The van der Waals surface area contributed by atoms with Crippen molar-refractivity contribution in [3.05, 3.63) is 121 Å². The van der Waals surface area contributed by atoms with E-state index < -0.39 is 12.2 Å². The highest BCUT2D eigenvalue weighted by Crippen LogP contribution is 2.36. The molecule has 186 valence electrons. The number of hydrogen-bond donors (Lipinski definition) is 2. The predicted molar refractivity (Wildman–Crippen MR) is 155 cm³/mol. The highest BCUT2D eigenvalue weighted by molar-refractivity contribution is 5.94. The number of rotatable bonds is 4. The summed E-state index contributed by atoms with van der Waals surface area (Å²) < 4.78 is 5.85. The van der Waals surface area contributed by atoms with Gasteiger partial charge in [-0.2, -0.15) is 0 Å². The Labute approximate surface area is 221 Å². The molecule has 1 heterocycles. The van der Waals surface area contributed by atoms with Gasteiger partial charge in [0.05, 0.1) is 18.8 Å². The van der Waals surface area contributed by atoms with Crippen LogP contribution < -0.4 is 0 Å². The quantitative estimate of drug-likeness (QED) is 0.263. The molecule has 3 atom stereocenters. The SMILES string of the molecule is OC[C@H]1OC(c2ccc3cc(-c4ccc5cc(-c6ccc7ccccc7c6)ccc5c4)ccc3c2)C[C@@H]1O. The van der Waals surface area contributed by atoms with Crippen molar-refractivity contribution in [1.82, 2.24) is 0 Å². The van der Waals surface area contributed by atoms with E-state index in [4.69, 9.17) is 4.74 Å². The van der Waals surface area contributed by atoms with E-state index in [0.29, 0.717) is 6.42 Å². The van der Waals surface area contributed by atoms with Crippen LogP contribution in [0.2, 0.25) is 0 Å². The Kier molecular flexibility index (Phi) is 5.70. The van der Waals surface area contributed by atoms with Crippen molar-refractivity contribution >= 4 is 32.3 Å². The van der Waals surface area contributed by atoms with Gasteiger partial charge in [-0.25, -0.2) is 0 Å². The minimum Gasteiger partial charge on any atom is -0.394 e. The number of benzene rings is 6. The molecule has 0 spiro atoms. The summed E-state index contributed by atoms with van der Waals surface area (Å²) in [4.78, 5) is 0. The summed E-state index contributed by atoms with van der Waals surface area (Å²) in [6.07, 6.45) is -0.811. The molecule has 3 nitrogen and oxygen atoms in total. The summed E-state index contributed by atoms with van der Waals surface area (Å²) in [6.45, 7) is -0.162. The zero-order chi connectivity index (χ0) is 25.6. The fourth-order valence-electron chi connectivity index (χ4n) is 5.73. The third kappa shape index (κ3) is 4.15. The van der Waals surface area contributed by atoms with Gasteiger partial charge in [0.15, 0.2) is 0 Å². The second kappa shape index (κ2) is 9.38. The van der Waals surface area contributed by atoms with E-state index >= 15 is 0 Å².